The van der Waals surface area contributed by atoms with Crippen molar-refractivity contribution in [2.75, 3.05) is 6.66 Å². The molecule has 0 aromatic carbocycles. The molecule has 0 spiro atoms. The highest BCUT2D eigenvalue weighted by molar-refractivity contribution is 7.35. The van der Waals surface area contributed by atoms with Crippen molar-refractivity contribution in [3.63, 3.8) is 0 Å². The van der Waals surface area contributed by atoms with Crippen molar-refractivity contribution in [1.29, 1.82) is 0 Å². The maximum Gasteiger partial charge on any atom is 0.353 e. The molecule has 0 saturated carbocycles. The Morgan fingerprint density at radius 1 is 1.33 bits per heavy atom. The third-order valence-electron chi connectivity index (χ3n) is 2.15. The van der Waals surface area contributed by atoms with Crippen LogP contribution in [0.5, 0.6) is 0 Å². The highest BCUT2D eigenvalue weighted by atomic mass is 31.1. The molecule has 5 nitrogen and oxygen atoms in total. The lowest BCUT2D eigenvalue weighted by Crippen LogP contribution is -2.40. The molecule has 1 atom stereocenters. The summed E-state index contributed by atoms with van der Waals surface area (Å²) in [6.07, 6.45) is 1.56. The van der Waals surface area contributed by atoms with Crippen LogP contribution < -0.4 is 11.4 Å². The highest BCUT2D eigenvalue weighted by Gasteiger charge is 2.09. The van der Waals surface area contributed by atoms with Crippen LogP contribution in [0.3, 0.4) is 0 Å². The molecule has 1 aromatic heterocycles. The molecule has 15 heavy (non-hydrogen) atoms. The van der Waals surface area contributed by atoms with Gasteiger partial charge in [0.1, 0.15) is 5.82 Å². The highest BCUT2D eigenvalue weighted by Crippen LogP contribution is 2.07. The molecule has 0 saturated heterocycles. The van der Waals surface area contributed by atoms with Gasteiger partial charge in [-0.3, -0.25) is 4.34 Å². The van der Waals surface area contributed by atoms with Gasteiger partial charge in [-0.25, -0.2) is 14.2 Å². The van der Waals surface area contributed by atoms with Crippen molar-refractivity contribution < 1.29 is 0 Å². The van der Waals surface area contributed by atoms with E-state index < -0.39 is 5.69 Å². The number of aryl methyl sites for hydroxylation is 1. The van der Waals surface area contributed by atoms with E-state index in [1.54, 1.807) is 11.3 Å². The SMILES string of the molecule is CCCc1nc(=O)n(CC)c(=O)n1PC. The van der Waals surface area contributed by atoms with Gasteiger partial charge in [-0.05, 0) is 28.7 Å². The van der Waals surface area contributed by atoms with Crippen molar-refractivity contribution >= 4 is 8.73 Å². The summed E-state index contributed by atoms with van der Waals surface area (Å²) in [5.74, 6) is 0.609. The van der Waals surface area contributed by atoms with Gasteiger partial charge in [-0.1, -0.05) is 6.92 Å². The third-order valence-corrected chi connectivity index (χ3v) is 3.05. The molecule has 1 unspecified atom stereocenters. The first-order valence-corrected chi connectivity index (χ1v) is 6.50. The molecule has 0 fully saturated rings. The zero-order valence-corrected chi connectivity index (χ0v) is 10.3. The molecular weight excluding hydrogens is 213 g/mol. The van der Waals surface area contributed by atoms with Crippen LogP contribution in [-0.2, 0) is 13.0 Å². The number of rotatable bonds is 4. The maximum atomic E-state index is 11.8. The molecule has 1 rings (SSSR count). The van der Waals surface area contributed by atoms with Gasteiger partial charge in [-0.2, -0.15) is 4.98 Å². The van der Waals surface area contributed by atoms with Gasteiger partial charge in [0.2, 0.25) is 0 Å². The number of hydrogen-bond acceptors (Lipinski definition) is 3. The van der Waals surface area contributed by atoms with Crippen LogP contribution in [0.15, 0.2) is 9.59 Å². The standard InChI is InChI=1S/C9H16N3O2P/c1-4-6-7-10-8(13)11(5-2)9(14)12(7)15-3/h15H,4-6H2,1-3H3. The van der Waals surface area contributed by atoms with Gasteiger partial charge >= 0.3 is 11.4 Å². The van der Waals surface area contributed by atoms with Crippen LogP contribution in [0.25, 0.3) is 0 Å². The number of hydrogen-bond donors (Lipinski definition) is 0. The fourth-order valence-electron chi connectivity index (χ4n) is 1.42. The van der Waals surface area contributed by atoms with Crippen molar-refractivity contribution in [3.05, 3.63) is 26.8 Å². The molecule has 0 aliphatic carbocycles. The van der Waals surface area contributed by atoms with Crippen LogP contribution in [0.4, 0.5) is 0 Å². The maximum absolute atomic E-state index is 11.8. The smallest absolute Gasteiger partial charge is 0.263 e. The Bertz CT molecular complexity index is 450. The van der Waals surface area contributed by atoms with Gasteiger partial charge in [0, 0.05) is 13.0 Å². The molecule has 84 valence electrons. The monoisotopic (exact) mass is 229 g/mol. The van der Waals surface area contributed by atoms with Gasteiger partial charge in [-0.15, -0.1) is 0 Å². The Hall–Kier alpha value is -0.960. The topological polar surface area (TPSA) is 56.9 Å². The van der Waals surface area contributed by atoms with E-state index in [1.807, 2.05) is 13.6 Å². The Labute approximate surface area is 90.0 Å². The molecule has 0 N–H and O–H groups in total. The lowest BCUT2D eigenvalue weighted by atomic mass is 10.3. The Balaban J connectivity index is 3.45. The molecule has 0 radical (unpaired) electrons. The summed E-state index contributed by atoms with van der Waals surface area (Å²) >= 11 is 0. The lowest BCUT2D eigenvalue weighted by molar-refractivity contribution is 0.606. The van der Waals surface area contributed by atoms with Crippen LogP contribution in [0.1, 0.15) is 26.1 Å². The quantitative estimate of drug-likeness (QED) is 0.704. The summed E-state index contributed by atoms with van der Waals surface area (Å²) in [5, 5.41) is 0. The van der Waals surface area contributed by atoms with E-state index in [-0.39, 0.29) is 5.69 Å². The summed E-state index contributed by atoms with van der Waals surface area (Å²) in [4.78, 5) is 27.3. The van der Waals surface area contributed by atoms with E-state index in [1.165, 1.54) is 0 Å². The van der Waals surface area contributed by atoms with E-state index in [9.17, 15) is 9.59 Å². The Morgan fingerprint density at radius 2 is 2.00 bits per heavy atom. The van der Waals surface area contributed by atoms with Crippen molar-refractivity contribution in [2.24, 2.45) is 0 Å². The largest absolute Gasteiger partial charge is 0.353 e. The predicted octanol–water partition coefficient (Wildman–Crippen LogP) is 0.449. The first-order chi connectivity index (χ1) is 7.15. The summed E-state index contributed by atoms with van der Waals surface area (Å²) in [6, 6.07) is 0. The van der Waals surface area contributed by atoms with Crippen molar-refractivity contribution in [3.8, 4) is 0 Å². The second kappa shape index (κ2) is 5.21. The minimum atomic E-state index is -0.430. The predicted molar refractivity (Wildman–Crippen MR) is 62.1 cm³/mol. The summed E-state index contributed by atoms with van der Waals surface area (Å²) in [6.45, 7) is 6.06. The van der Waals surface area contributed by atoms with E-state index >= 15 is 0 Å². The molecule has 0 aliphatic rings. The number of aromatic nitrogens is 3. The summed E-state index contributed by atoms with van der Waals surface area (Å²) in [5.41, 5.74) is -0.665. The molecule has 0 bridgehead atoms. The van der Waals surface area contributed by atoms with Crippen LogP contribution >= 0.6 is 8.73 Å². The molecule has 0 aliphatic heterocycles. The lowest BCUT2D eigenvalue weighted by Gasteiger charge is -2.10. The van der Waals surface area contributed by atoms with E-state index in [0.29, 0.717) is 27.5 Å². The van der Waals surface area contributed by atoms with Crippen LogP contribution in [0.2, 0.25) is 0 Å². The minimum absolute atomic E-state index is 0.234. The van der Waals surface area contributed by atoms with Crippen LogP contribution in [0, 0.1) is 0 Å². The minimum Gasteiger partial charge on any atom is -0.263 e. The van der Waals surface area contributed by atoms with Crippen molar-refractivity contribution in [2.45, 2.75) is 33.2 Å². The average molecular weight is 229 g/mol. The van der Waals surface area contributed by atoms with Gasteiger partial charge < -0.3 is 0 Å². The molecule has 1 heterocycles. The van der Waals surface area contributed by atoms with E-state index in [4.69, 9.17) is 0 Å². The Morgan fingerprint density at radius 3 is 2.47 bits per heavy atom. The van der Waals surface area contributed by atoms with Gasteiger partial charge in [0.05, 0.1) is 0 Å². The fourth-order valence-corrected chi connectivity index (χ4v) is 2.15. The number of nitrogens with zero attached hydrogens (tertiary/aromatic N) is 3. The molecular formula is C9H16N3O2P. The summed E-state index contributed by atoms with van der Waals surface area (Å²) < 4.78 is 2.75. The molecule has 0 amide bonds. The van der Waals surface area contributed by atoms with Crippen LogP contribution in [-0.4, -0.2) is 20.6 Å². The fraction of sp³-hybridized carbons (Fsp3) is 0.667. The molecule has 1 aromatic rings. The van der Waals surface area contributed by atoms with Gasteiger partial charge in [0.15, 0.2) is 0 Å². The van der Waals surface area contributed by atoms with E-state index in [2.05, 4.69) is 4.98 Å². The second-order valence-corrected chi connectivity index (χ2v) is 4.04. The summed E-state index contributed by atoms with van der Waals surface area (Å²) in [7, 11) is 0.315. The van der Waals surface area contributed by atoms with E-state index in [0.717, 1.165) is 11.0 Å². The average Bonchev–Trinajstić information content (AvgIpc) is 2.19. The second-order valence-electron chi connectivity index (χ2n) is 3.15. The normalized spacial score (nSPS) is 11.4. The van der Waals surface area contributed by atoms with Gasteiger partial charge in [0.25, 0.3) is 0 Å². The first-order valence-electron chi connectivity index (χ1n) is 5.06. The Kier molecular flexibility index (Phi) is 4.21. The first kappa shape index (κ1) is 12.1. The third kappa shape index (κ3) is 2.34. The molecule has 6 heteroatoms. The van der Waals surface area contributed by atoms with Crippen molar-refractivity contribution in [1.82, 2.24) is 13.9 Å². The zero-order valence-electron chi connectivity index (χ0n) is 9.28. The zero-order chi connectivity index (χ0) is 11.4.